The lowest BCUT2D eigenvalue weighted by Gasteiger charge is -1.95. The molecule has 0 aliphatic rings. The maximum Gasteiger partial charge on any atom is 0.0617 e. The molecule has 1 heteroatoms. The van der Waals surface area contributed by atoms with E-state index in [-0.39, 0.29) is 6.61 Å². The predicted octanol–water partition coefficient (Wildman–Crippen LogP) is 3.78. The number of aliphatic hydroxyl groups is 1. The first-order valence-corrected chi connectivity index (χ1v) is 5.43. The van der Waals surface area contributed by atoms with Crippen molar-refractivity contribution in [2.75, 3.05) is 6.61 Å². The summed E-state index contributed by atoms with van der Waals surface area (Å²) in [6, 6.07) is 0. The van der Waals surface area contributed by atoms with Crippen molar-refractivity contribution < 1.29 is 5.11 Å². The van der Waals surface area contributed by atoms with E-state index in [1.165, 1.54) is 5.57 Å². The van der Waals surface area contributed by atoms with Gasteiger partial charge in [0.25, 0.3) is 0 Å². The monoisotopic (exact) mass is 206 g/mol. The molecule has 0 bridgehead atoms. The summed E-state index contributed by atoms with van der Waals surface area (Å²) in [4.78, 5) is 0. The van der Waals surface area contributed by atoms with Gasteiger partial charge >= 0.3 is 0 Å². The van der Waals surface area contributed by atoms with Crippen molar-refractivity contribution in [1.82, 2.24) is 0 Å². The van der Waals surface area contributed by atoms with Crippen molar-refractivity contribution in [3.8, 4) is 0 Å². The highest BCUT2D eigenvalue weighted by atomic mass is 16.2. The summed E-state index contributed by atoms with van der Waals surface area (Å²) < 4.78 is 0. The molecular formula is C14H22O. The second kappa shape index (κ2) is 9.47. The fourth-order valence-corrected chi connectivity index (χ4v) is 1.14. The Bertz CT molecular complexity index is 267. The number of hydrogen-bond donors (Lipinski definition) is 1. The van der Waals surface area contributed by atoms with Crippen molar-refractivity contribution in [1.29, 1.82) is 0 Å². The van der Waals surface area contributed by atoms with Crippen molar-refractivity contribution in [3.63, 3.8) is 0 Å². The first-order valence-electron chi connectivity index (χ1n) is 5.43. The van der Waals surface area contributed by atoms with Crippen LogP contribution in [0.5, 0.6) is 0 Å². The molecule has 0 saturated heterocycles. The fraction of sp³-hybridized carbons (Fsp3) is 0.429. The van der Waals surface area contributed by atoms with Gasteiger partial charge in [0.15, 0.2) is 0 Å². The van der Waals surface area contributed by atoms with E-state index in [2.05, 4.69) is 25.2 Å². The van der Waals surface area contributed by atoms with E-state index in [0.717, 1.165) is 18.4 Å². The first-order chi connectivity index (χ1) is 7.20. The molecule has 0 aromatic carbocycles. The Balaban J connectivity index is 3.98. The van der Waals surface area contributed by atoms with Gasteiger partial charge in [0, 0.05) is 0 Å². The third-order valence-electron chi connectivity index (χ3n) is 2.09. The normalized spacial score (nSPS) is 14.4. The van der Waals surface area contributed by atoms with Gasteiger partial charge in [0.2, 0.25) is 0 Å². The molecule has 0 amide bonds. The summed E-state index contributed by atoms with van der Waals surface area (Å²) in [6.07, 6.45) is 14.4. The summed E-state index contributed by atoms with van der Waals surface area (Å²) in [5.41, 5.74) is 2.47. The molecule has 0 aromatic rings. The number of allylic oxidation sites excluding steroid dienone is 7. The molecule has 0 saturated carbocycles. The molecule has 1 N–H and O–H groups in total. The average Bonchev–Trinajstić information content (AvgIpc) is 2.18. The molecule has 0 aromatic heterocycles. The van der Waals surface area contributed by atoms with E-state index < -0.39 is 0 Å². The van der Waals surface area contributed by atoms with Crippen molar-refractivity contribution >= 4 is 0 Å². The molecule has 0 rings (SSSR count). The van der Waals surface area contributed by atoms with Crippen LogP contribution in [0.15, 0.2) is 47.6 Å². The maximum atomic E-state index is 8.66. The van der Waals surface area contributed by atoms with E-state index >= 15 is 0 Å². The quantitative estimate of drug-likeness (QED) is 0.518. The van der Waals surface area contributed by atoms with E-state index in [1.54, 1.807) is 6.08 Å². The van der Waals surface area contributed by atoms with Crippen LogP contribution in [-0.4, -0.2) is 11.7 Å². The molecule has 15 heavy (non-hydrogen) atoms. The second-order valence-electron chi connectivity index (χ2n) is 3.61. The van der Waals surface area contributed by atoms with Gasteiger partial charge < -0.3 is 5.11 Å². The topological polar surface area (TPSA) is 20.2 Å². The third kappa shape index (κ3) is 9.23. The third-order valence-corrected chi connectivity index (χ3v) is 2.09. The molecule has 0 fully saturated rings. The van der Waals surface area contributed by atoms with Crippen molar-refractivity contribution in [3.05, 3.63) is 47.6 Å². The van der Waals surface area contributed by atoms with Gasteiger partial charge in [0.1, 0.15) is 0 Å². The molecule has 1 nitrogen and oxygen atoms in total. The molecule has 0 aliphatic heterocycles. The zero-order valence-corrected chi connectivity index (χ0v) is 10.0. The summed E-state index contributed by atoms with van der Waals surface area (Å²) in [6.45, 7) is 6.27. The van der Waals surface area contributed by atoms with Crippen LogP contribution in [0.3, 0.4) is 0 Å². The van der Waals surface area contributed by atoms with Crippen molar-refractivity contribution in [2.45, 2.75) is 33.6 Å². The van der Waals surface area contributed by atoms with Gasteiger partial charge in [-0.25, -0.2) is 0 Å². The van der Waals surface area contributed by atoms with Gasteiger partial charge in [-0.05, 0) is 33.6 Å². The lowest BCUT2D eigenvalue weighted by molar-refractivity contribution is 0.342. The largest absolute Gasteiger partial charge is 0.392 e. The molecule has 0 aliphatic carbocycles. The van der Waals surface area contributed by atoms with Gasteiger partial charge in [0.05, 0.1) is 6.61 Å². The van der Waals surface area contributed by atoms with Gasteiger partial charge in [-0.2, -0.15) is 0 Å². The summed E-state index contributed by atoms with van der Waals surface area (Å²) >= 11 is 0. The van der Waals surface area contributed by atoms with Crippen LogP contribution >= 0.6 is 0 Å². The van der Waals surface area contributed by atoms with Crippen LogP contribution in [0.2, 0.25) is 0 Å². The molecular weight excluding hydrogens is 184 g/mol. The minimum Gasteiger partial charge on any atom is -0.392 e. The van der Waals surface area contributed by atoms with Crippen LogP contribution in [0.4, 0.5) is 0 Å². The highest BCUT2D eigenvalue weighted by molar-refractivity contribution is 5.22. The fourth-order valence-electron chi connectivity index (χ4n) is 1.14. The van der Waals surface area contributed by atoms with E-state index in [0.29, 0.717) is 0 Å². The Morgan fingerprint density at radius 3 is 2.60 bits per heavy atom. The van der Waals surface area contributed by atoms with E-state index in [1.807, 2.05) is 26.0 Å². The minimum atomic E-state index is 0.111. The Morgan fingerprint density at radius 2 is 2.00 bits per heavy atom. The molecule has 0 heterocycles. The molecule has 0 spiro atoms. The highest BCUT2D eigenvalue weighted by Gasteiger charge is 1.85. The van der Waals surface area contributed by atoms with Crippen LogP contribution in [0, 0.1) is 0 Å². The Morgan fingerprint density at radius 1 is 1.27 bits per heavy atom. The predicted molar refractivity (Wildman–Crippen MR) is 67.8 cm³/mol. The molecule has 0 unspecified atom stereocenters. The standard InChI is InChI=1S/C14H22O/c1-4-5-6-8-13(2)9-7-10-14(3)11-12-15/h4-5,7,9-11,15H,6,8,12H2,1-3H3/b5-4+,10-7+,13-9-,14-11+. The lowest BCUT2D eigenvalue weighted by Crippen LogP contribution is -1.76. The van der Waals surface area contributed by atoms with Crippen LogP contribution < -0.4 is 0 Å². The van der Waals surface area contributed by atoms with Crippen LogP contribution in [0.1, 0.15) is 33.6 Å². The first kappa shape index (κ1) is 13.9. The Labute approximate surface area is 93.5 Å². The maximum absolute atomic E-state index is 8.66. The molecule has 84 valence electrons. The van der Waals surface area contributed by atoms with E-state index in [9.17, 15) is 0 Å². The number of hydrogen-bond acceptors (Lipinski definition) is 1. The zero-order valence-electron chi connectivity index (χ0n) is 10.0. The smallest absolute Gasteiger partial charge is 0.0617 e. The SMILES string of the molecule is C/C=C/CC\C(C)=C/C=C/C(C)=C/CO. The molecule has 0 radical (unpaired) electrons. The Hall–Kier alpha value is -1.08. The van der Waals surface area contributed by atoms with Gasteiger partial charge in [-0.3, -0.25) is 0 Å². The average molecular weight is 206 g/mol. The zero-order chi connectivity index (χ0) is 11.5. The minimum absolute atomic E-state index is 0.111. The second-order valence-corrected chi connectivity index (χ2v) is 3.61. The Kier molecular flexibility index (Phi) is 8.79. The number of aliphatic hydroxyl groups excluding tert-OH is 1. The summed E-state index contributed by atoms with van der Waals surface area (Å²) in [5, 5.41) is 8.66. The highest BCUT2D eigenvalue weighted by Crippen LogP contribution is 2.05. The summed E-state index contributed by atoms with van der Waals surface area (Å²) in [5.74, 6) is 0. The van der Waals surface area contributed by atoms with Crippen LogP contribution in [-0.2, 0) is 0 Å². The summed E-state index contributed by atoms with van der Waals surface area (Å²) in [7, 11) is 0. The van der Waals surface area contributed by atoms with E-state index in [4.69, 9.17) is 5.11 Å². The lowest BCUT2D eigenvalue weighted by atomic mass is 10.1. The van der Waals surface area contributed by atoms with Gasteiger partial charge in [-0.15, -0.1) is 0 Å². The number of rotatable bonds is 6. The van der Waals surface area contributed by atoms with Gasteiger partial charge in [-0.1, -0.05) is 47.6 Å². The van der Waals surface area contributed by atoms with Crippen LogP contribution in [0.25, 0.3) is 0 Å². The van der Waals surface area contributed by atoms with Crippen molar-refractivity contribution in [2.24, 2.45) is 0 Å². The molecule has 0 atom stereocenters.